The maximum absolute atomic E-state index is 12.8. The Bertz CT molecular complexity index is 828. The van der Waals surface area contributed by atoms with Crippen molar-refractivity contribution in [2.45, 2.75) is 58.8 Å². The van der Waals surface area contributed by atoms with E-state index in [4.69, 9.17) is 5.73 Å². The highest BCUT2D eigenvalue weighted by Gasteiger charge is 2.37. The summed E-state index contributed by atoms with van der Waals surface area (Å²) in [6.07, 6.45) is -0.0356. The number of hydrogen-bond donors (Lipinski definition) is 3. The third-order valence-corrected chi connectivity index (χ3v) is 6.63. The lowest BCUT2D eigenvalue weighted by Crippen LogP contribution is -2.50. The molecule has 1 saturated heterocycles. The number of nitrogens with one attached hydrogen (secondary N) is 1. The van der Waals surface area contributed by atoms with Crippen LogP contribution in [0.25, 0.3) is 10.4 Å². The van der Waals surface area contributed by atoms with Gasteiger partial charge in [0.1, 0.15) is 0 Å². The molecule has 3 rings (SSSR count). The van der Waals surface area contributed by atoms with E-state index in [1.807, 2.05) is 29.5 Å². The van der Waals surface area contributed by atoms with E-state index in [9.17, 15) is 9.90 Å². The second-order valence-corrected chi connectivity index (χ2v) is 9.87. The summed E-state index contributed by atoms with van der Waals surface area (Å²) in [5.74, 6) is -0.0509. The maximum atomic E-state index is 12.8. The molecular formula is C22H32N4O2S. The molecule has 1 aromatic carbocycles. The third-order valence-electron chi connectivity index (χ3n) is 5.66. The number of nitrogens with zero attached hydrogens (tertiary/aromatic N) is 2. The van der Waals surface area contributed by atoms with Crippen molar-refractivity contribution in [3.8, 4) is 10.4 Å². The van der Waals surface area contributed by atoms with Crippen molar-refractivity contribution < 1.29 is 9.90 Å². The van der Waals surface area contributed by atoms with Crippen LogP contribution in [0.2, 0.25) is 0 Å². The molecule has 0 spiro atoms. The van der Waals surface area contributed by atoms with Crippen molar-refractivity contribution in [2.75, 3.05) is 13.1 Å². The zero-order valence-corrected chi connectivity index (χ0v) is 18.5. The predicted octanol–water partition coefficient (Wildman–Crippen LogP) is 2.54. The van der Waals surface area contributed by atoms with Crippen LogP contribution in [0.5, 0.6) is 0 Å². The van der Waals surface area contributed by atoms with Crippen molar-refractivity contribution in [1.82, 2.24) is 15.2 Å². The molecule has 2 heterocycles. The molecule has 29 heavy (non-hydrogen) atoms. The van der Waals surface area contributed by atoms with E-state index < -0.39 is 6.10 Å². The molecule has 1 aliphatic heterocycles. The van der Waals surface area contributed by atoms with Crippen LogP contribution < -0.4 is 11.1 Å². The average Bonchev–Trinajstić information content (AvgIpc) is 3.25. The predicted molar refractivity (Wildman–Crippen MR) is 118 cm³/mol. The van der Waals surface area contributed by atoms with Gasteiger partial charge in [-0.15, -0.1) is 11.3 Å². The van der Waals surface area contributed by atoms with Gasteiger partial charge in [-0.3, -0.25) is 9.69 Å². The van der Waals surface area contributed by atoms with E-state index in [2.05, 4.69) is 43.2 Å². The molecule has 7 heteroatoms. The van der Waals surface area contributed by atoms with Gasteiger partial charge >= 0.3 is 0 Å². The van der Waals surface area contributed by atoms with Gasteiger partial charge in [-0.2, -0.15) is 0 Å². The van der Waals surface area contributed by atoms with Crippen LogP contribution in [0.3, 0.4) is 0 Å². The molecule has 0 bridgehead atoms. The van der Waals surface area contributed by atoms with Gasteiger partial charge in [0.05, 0.1) is 28.2 Å². The van der Waals surface area contributed by atoms with Crippen molar-refractivity contribution >= 4 is 17.2 Å². The van der Waals surface area contributed by atoms with Crippen molar-refractivity contribution in [1.29, 1.82) is 0 Å². The lowest BCUT2D eigenvalue weighted by atomic mass is 9.87. The van der Waals surface area contributed by atoms with E-state index in [0.29, 0.717) is 26.1 Å². The van der Waals surface area contributed by atoms with E-state index in [0.717, 1.165) is 16.8 Å². The molecule has 1 aromatic heterocycles. The Balaban J connectivity index is 1.58. The summed E-state index contributed by atoms with van der Waals surface area (Å²) >= 11 is 1.63. The summed E-state index contributed by atoms with van der Waals surface area (Å²) < 4.78 is 0. The largest absolute Gasteiger partial charge is 0.392 e. The number of benzene rings is 1. The number of aryl methyl sites for hydroxylation is 1. The number of amides is 1. The first kappa shape index (κ1) is 21.9. The van der Waals surface area contributed by atoms with Gasteiger partial charge in [0.15, 0.2) is 0 Å². The quantitative estimate of drug-likeness (QED) is 0.673. The van der Waals surface area contributed by atoms with Crippen LogP contribution in [-0.2, 0) is 11.3 Å². The van der Waals surface area contributed by atoms with Crippen molar-refractivity contribution in [2.24, 2.45) is 11.1 Å². The highest BCUT2D eigenvalue weighted by molar-refractivity contribution is 7.13. The normalized spacial score (nSPS) is 21.3. The second kappa shape index (κ2) is 8.92. The van der Waals surface area contributed by atoms with Crippen LogP contribution >= 0.6 is 11.3 Å². The molecule has 2 aromatic rings. The summed E-state index contributed by atoms with van der Waals surface area (Å²) in [6.45, 7) is 9.84. The van der Waals surface area contributed by atoms with Gasteiger partial charge in [0.2, 0.25) is 5.91 Å². The van der Waals surface area contributed by atoms with Gasteiger partial charge in [-0.25, -0.2) is 4.98 Å². The zero-order chi connectivity index (χ0) is 21.2. The first-order chi connectivity index (χ1) is 13.6. The molecule has 1 aliphatic rings. The minimum absolute atomic E-state index is 0.0489. The molecule has 6 nitrogen and oxygen atoms in total. The summed E-state index contributed by atoms with van der Waals surface area (Å²) in [4.78, 5) is 20.3. The molecule has 0 radical (unpaired) electrons. The molecule has 1 amide bonds. The van der Waals surface area contributed by atoms with Gasteiger partial charge in [0, 0.05) is 25.7 Å². The number of rotatable bonds is 6. The van der Waals surface area contributed by atoms with Crippen molar-refractivity contribution in [3.63, 3.8) is 0 Å². The molecule has 0 saturated carbocycles. The summed E-state index contributed by atoms with van der Waals surface area (Å²) in [5.41, 5.74) is 11.3. The first-order valence-corrected chi connectivity index (χ1v) is 11.0. The van der Waals surface area contributed by atoms with E-state index in [-0.39, 0.29) is 23.4 Å². The Morgan fingerprint density at radius 1 is 1.38 bits per heavy atom. The molecule has 3 atom stereocenters. The molecular weight excluding hydrogens is 384 g/mol. The number of aliphatic hydroxyl groups excluding tert-OH is 1. The first-order valence-electron chi connectivity index (χ1n) is 10.1. The fourth-order valence-corrected chi connectivity index (χ4v) is 4.35. The van der Waals surface area contributed by atoms with E-state index in [1.165, 1.54) is 4.88 Å². The van der Waals surface area contributed by atoms with Crippen LogP contribution in [0.15, 0.2) is 29.8 Å². The molecule has 4 N–H and O–H groups in total. The highest BCUT2D eigenvalue weighted by atomic mass is 32.1. The summed E-state index contributed by atoms with van der Waals surface area (Å²) in [6, 6.07) is 7.80. The van der Waals surface area contributed by atoms with Crippen LogP contribution in [-0.4, -0.2) is 52.2 Å². The summed E-state index contributed by atoms with van der Waals surface area (Å²) in [5, 5.41) is 13.1. The van der Waals surface area contributed by atoms with Crippen molar-refractivity contribution in [3.05, 3.63) is 41.0 Å². The maximum Gasteiger partial charge on any atom is 0.237 e. The Labute approximate surface area is 177 Å². The summed E-state index contributed by atoms with van der Waals surface area (Å²) in [7, 11) is 0. The minimum Gasteiger partial charge on any atom is -0.392 e. The standard InChI is InChI=1S/C22H32N4O2S/c1-14-20(29-13-25-14)16-7-5-15(6-8-16)10-24-21(28)18-9-17(27)11-26(18)12-19(23)22(2,3)4/h5-8,13,17-19,27H,9-12,23H2,1-4H3,(H,24,28)/t17-,18+,19-/m1/s1. The Kier molecular flexibility index (Phi) is 6.73. The number of β-amino-alcohol motifs (C(OH)–C–C–N with tert-alkyl or cyclic N) is 1. The Morgan fingerprint density at radius 3 is 2.66 bits per heavy atom. The van der Waals surface area contributed by atoms with Crippen LogP contribution in [0.4, 0.5) is 0 Å². The molecule has 1 fully saturated rings. The average molecular weight is 417 g/mol. The van der Waals surface area contributed by atoms with Gasteiger partial charge in [-0.05, 0) is 29.9 Å². The number of nitrogens with two attached hydrogens (primary N) is 1. The van der Waals surface area contributed by atoms with Gasteiger partial charge in [0.25, 0.3) is 0 Å². The van der Waals surface area contributed by atoms with Gasteiger partial charge in [-0.1, -0.05) is 45.0 Å². The topological polar surface area (TPSA) is 91.5 Å². The van der Waals surface area contributed by atoms with Crippen LogP contribution in [0.1, 0.15) is 38.4 Å². The monoisotopic (exact) mass is 416 g/mol. The second-order valence-electron chi connectivity index (χ2n) is 9.01. The minimum atomic E-state index is -0.486. The number of aromatic nitrogens is 1. The van der Waals surface area contributed by atoms with E-state index in [1.54, 1.807) is 11.3 Å². The number of carbonyl (C=O) groups is 1. The fraction of sp³-hybridized carbons (Fsp3) is 0.545. The highest BCUT2D eigenvalue weighted by Crippen LogP contribution is 2.27. The van der Waals surface area contributed by atoms with E-state index >= 15 is 0 Å². The number of aliphatic hydroxyl groups is 1. The SMILES string of the molecule is Cc1ncsc1-c1ccc(CNC(=O)[C@@H]2C[C@@H](O)CN2C[C@@H](N)C(C)(C)C)cc1. The molecule has 0 unspecified atom stereocenters. The number of thiazole rings is 1. The molecule has 0 aliphatic carbocycles. The zero-order valence-electron chi connectivity index (χ0n) is 17.7. The number of hydrogen-bond acceptors (Lipinski definition) is 6. The third kappa shape index (κ3) is 5.42. The fourth-order valence-electron chi connectivity index (χ4n) is 3.54. The Hall–Kier alpha value is -1.80. The number of likely N-dealkylation sites (tertiary alicyclic amines) is 1. The molecule has 158 valence electrons. The Morgan fingerprint density at radius 2 is 2.07 bits per heavy atom. The smallest absolute Gasteiger partial charge is 0.237 e. The lowest BCUT2D eigenvalue weighted by Gasteiger charge is -2.33. The lowest BCUT2D eigenvalue weighted by molar-refractivity contribution is -0.125. The number of carbonyl (C=O) groups excluding carboxylic acids is 1. The van der Waals surface area contributed by atoms with Crippen LogP contribution in [0, 0.1) is 12.3 Å². The van der Waals surface area contributed by atoms with Gasteiger partial charge < -0.3 is 16.2 Å².